The van der Waals surface area contributed by atoms with Gasteiger partial charge in [0.05, 0.1) is 9.98 Å². The van der Waals surface area contributed by atoms with Crippen LogP contribution >= 0.6 is 38.6 Å². The van der Waals surface area contributed by atoms with Crippen molar-refractivity contribution in [2.24, 2.45) is 0 Å². The number of nitrogens with zero attached hydrogens (tertiary/aromatic N) is 1. The highest BCUT2D eigenvalue weighted by Gasteiger charge is 2.23. The van der Waals surface area contributed by atoms with Crippen LogP contribution in [0.3, 0.4) is 0 Å². The molecule has 2 heterocycles. The first-order chi connectivity index (χ1) is 9.06. The third-order valence-corrected chi connectivity index (χ3v) is 4.38. The van der Waals surface area contributed by atoms with Gasteiger partial charge in [-0.1, -0.05) is 17.4 Å². The van der Waals surface area contributed by atoms with Gasteiger partial charge in [0.1, 0.15) is 0 Å². The van der Waals surface area contributed by atoms with Gasteiger partial charge in [0.2, 0.25) is 0 Å². The lowest BCUT2D eigenvalue weighted by atomic mass is 10.2. The van der Waals surface area contributed by atoms with E-state index in [0.29, 0.717) is 10.0 Å². The fourth-order valence-electron chi connectivity index (χ4n) is 1.29. The largest absolute Gasteiger partial charge is 0.479 e. The van der Waals surface area contributed by atoms with E-state index in [1.54, 1.807) is 23.7 Å². The number of anilines is 1. The first-order valence-electron chi connectivity index (χ1n) is 5.01. The van der Waals surface area contributed by atoms with E-state index < -0.39 is 18.0 Å². The summed E-state index contributed by atoms with van der Waals surface area (Å²) in [5.41, 5.74) is 0. The minimum Gasteiger partial charge on any atom is -0.479 e. The topological polar surface area (TPSA) is 91.3 Å². The lowest BCUT2D eigenvalue weighted by Crippen LogP contribution is -2.36. The van der Waals surface area contributed by atoms with Crippen molar-refractivity contribution in [1.29, 1.82) is 0 Å². The van der Waals surface area contributed by atoms with Crippen molar-refractivity contribution >= 4 is 55.7 Å². The van der Waals surface area contributed by atoms with Crippen molar-refractivity contribution in [3.05, 3.63) is 32.4 Å². The Bertz CT molecular complexity index is 585. The maximum absolute atomic E-state index is 11.7. The average Bonchev–Trinajstić information content (AvgIpc) is 2.97. The van der Waals surface area contributed by atoms with Gasteiger partial charge < -0.3 is 10.4 Å². The smallest absolute Gasteiger partial charge is 0.331 e. The Hall–Kier alpha value is -1.45. The molecule has 2 aromatic rings. The summed E-state index contributed by atoms with van der Waals surface area (Å²) in [6.07, 6.45) is 1.55. The van der Waals surface area contributed by atoms with Crippen molar-refractivity contribution in [3.8, 4) is 0 Å². The molecule has 2 amide bonds. The van der Waals surface area contributed by atoms with Crippen LogP contribution in [-0.2, 0) is 4.79 Å². The third-order valence-electron chi connectivity index (χ3n) is 2.05. The number of carboxylic acid groups (broad SMARTS) is 1. The Morgan fingerprint density at radius 2 is 2.26 bits per heavy atom. The van der Waals surface area contributed by atoms with Crippen molar-refractivity contribution in [3.63, 3.8) is 0 Å². The summed E-state index contributed by atoms with van der Waals surface area (Å²) in [6, 6.07) is 1.71. The van der Waals surface area contributed by atoms with E-state index in [0.717, 1.165) is 3.79 Å². The van der Waals surface area contributed by atoms with Gasteiger partial charge in [-0.15, -0.1) is 11.3 Å². The van der Waals surface area contributed by atoms with Crippen LogP contribution in [-0.4, -0.2) is 22.1 Å². The molecule has 0 aliphatic carbocycles. The minimum atomic E-state index is -1.11. The summed E-state index contributed by atoms with van der Waals surface area (Å²) in [5, 5.41) is 16.1. The van der Waals surface area contributed by atoms with Gasteiger partial charge in [-0.2, -0.15) is 0 Å². The zero-order chi connectivity index (χ0) is 13.8. The number of thiophene rings is 1. The zero-order valence-electron chi connectivity index (χ0n) is 9.29. The number of nitrogens with one attached hydrogen (secondary N) is 2. The Morgan fingerprint density at radius 1 is 1.47 bits per heavy atom. The standard InChI is InChI=1S/C10H8BrN3O3S2/c11-6-4-12-10(19-6)14-9(17)13-7(8(15)16)5-2-1-3-18-5/h1-4,7H,(H,15,16)(H2,12,13,14,17). The maximum atomic E-state index is 11.7. The molecule has 2 aromatic heterocycles. The molecular formula is C10H8BrN3O3S2. The molecule has 0 saturated heterocycles. The van der Waals surface area contributed by atoms with Gasteiger partial charge in [-0.3, -0.25) is 5.32 Å². The van der Waals surface area contributed by atoms with Crippen LogP contribution in [0.4, 0.5) is 9.93 Å². The van der Waals surface area contributed by atoms with E-state index in [2.05, 4.69) is 31.5 Å². The zero-order valence-corrected chi connectivity index (χ0v) is 12.5. The molecule has 1 unspecified atom stereocenters. The highest BCUT2D eigenvalue weighted by Crippen LogP contribution is 2.23. The highest BCUT2D eigenvalue weighted by atomic mass is 79.9. The average molecular weight is 362 g/mol. The Balaban J connectivity index is 2.02. The van der Waals surface area contributed by atoms with Crippen LogP contribution < -0.4 is 10.6 Å². The van der Waals surface area contributed by atoms with Crippen LogP contribution in [0, 0.1) is 0 Å². The summed E-state index contributed by atoms with van der Waals surface area (Å²) in [7, 11) is 0. The second kappa shape index (κ2) is 6.13. The van der Waals surface area contributed by atoms with E-state index in [1.807, 2.05) is 0 Å². The molecule has 19 heavy (non-hydrogen) atoms. The molecule has 9 heteroatoms. The molecular weight excluding hydrogens is 354 g/mol. The lowest BCUT2D eigenvalue weighted by Gasteiger charge is -2.12. The Labute approximate surface area is 124 Å². The van der Waals surface area contributed by atoms with Gasteiger partial charge in [0.25, 0.3) is 0 Å². The fourth-order valence-corrected chi connectivity index (χ4v) is 3.16. The number of hydrogen-bond donors (Lipinski definition) is 3. The van der Waals surface area contributed by atoms with Crippen LogP contribution in [0.5, 0.6) is 0 Å². The summed E-state index contributed by atoms with van der Waals surface area (Å²) < 4.78 is 0.774. The van der Waals surface area contributed by atoms with Crippen molar-refractivity contribution in [2.75, 3.05) is 5.32 Å². The van der Waals surface area contributed by atoms with Gasteiger partial charge in [0, 0.05) is 4.88 Å². The molecule has 6 nitrogen and oxygen atoms in total. The van der Waals surface area contributed by atoms with Crippen molar-refractivity contribution < 1.29 is 14.7 Å². The summed E-state index contributed by atoms with van der Waals surface area (Å²) in [5.74, 6) is -1.11. The second-order valence-corrected chi connectivity index (χ2v) is 6.74. The number of rotatable bonds is 4. The van der Waals surface area contributed by atoms with E-state index >= 15 is 0 Å². The number of carbonyl (C=O) groups excluding carboxylic acids is 1. The predicted molar refractivity (Wildman–Crippen MR) is 76.7 cm³/mol. The molecule has 1 atom stereocenters. The van der Waals surface area contributed by atoms with Gasteiger partial charge in [-0.05, 0) is 27.4 Å². The predicted octanol–water partition coefficient (Wildman–Crippen LogP) is 2.91. The minimum absolute atomic E-state index is 0.389. The van der Waals surface area contributed by atoms with Crippen LogP contribution in [0.1, 0.15) is 10.9 Å². The molecule has 0 aliphatic rings. The van der Waals surface area contributed by atoms with Gasteiger partial charge in [-0.25, -0.2) is 14.6 Å². The number of carboxylic acids is 1. The molecule has 100 valence electrons. The Kier molecular flexibility index (Phi) is 4.51. The SMILES string of the molecule is O=C(Nc1ncc(Br)s1)NC(C(=O)O)c1cccs1. The molecule has 0 aromatic carbocycles. The quantitative estimate of drug-likeness (QED) is 0.780. The molecule has 0 fully saturated rings. The normalized spacial score (nSPS) is 11.8. The molecule has 0 aliphatic heterocycles. The molecule has 3 N–H and O–H groups in total. The van der Waals surface area contributed by atoms with E-state index in [-0.39, 0.29) is 0 Å². The molecule has 0 spiro atoms. The number of hydrogen-bond acceptors (Lipinski definition) is 5. The van der Waals surface area contributed by atoms with E-state index in [4.69, 9.17) is 5.11 Å². The Morgan fingerprint density at radius 3 is 2.79 bits per heavy atom. The summed E-state index contributed by atoms with van der Waals surface area (Å²) in [4.78, 5) is 27.3. The second-order valence-electron chi connectivity index (χ2n) is 3.35. The number of urea groups is 1. The van der Waals surface area contributed by atoms with Gasteiger partial charge in [0.15, 0.2) is 11.2 Å². The van der Waals surface area contributed by atoms with Crippen LogP contribution in [0.25, 0.3) is 0 Å². The van der Waals surface area contributed by atoms with E-state index in [1.165, 1.54) is 22.7 Å². The van der Waals surface area contributed by atoms with Crippen molar-refractivity contribution in [1.82, 2.24) is 10.3 Å². The van der Waals surface area contributed by atoms with Gasteiger partial charge >= 0.3 is 12.0 Å². The third kappa shape index (κ3) is 3.75. The fraction of sp³-hybridized carbons (Fsp3) is 0.100. The number of aromatic nitrogens is 1. The van der Waals surface area contributed by atoms with Crippen molar-refractivity contribution in [2.45, 2.75) is 6.04 Å². The molecule has 0 radical (unpaired) electrons. The van der Waals surface area contributed by atoms with Crippen LogP contribution in [0.2, 0.25) is 0 Å². The molecule has 2 rings (SSSR count). The first kappa shape index (κ1) is 14.0. The van der Waals surface area contributed by atoms with Crippen LogP contribution in [0.15, 0.2) is 27.5 Å². The lowest BCUT2D eigenvalue weighted by molar-refractivity contribution is -0.139. The summed E-state index contributed by atoms with van der Waals surface area (Å²) in [6.45, 7) is 0. The number of thiazole rings is 1. The number of aliphatic carboxylic acids is 1. The summed E-state index contributed by atoms with van der Waals surface area (Å²) >= 11 is 5.73. The monoisotopic (exact) mass is 361 g/mol. The molecule has 0 bridgehead atoms. The number of carbonyl (C=O) groups is 2. The molecule has 0 saturated carbocycles. The first-order valence-corrected chi connectivity index (χ1v) is 7.50. The highest BCUT2D eigenvalue weighted by molar-refractivity contribution is 9.11. The number of amides is 2. The maximum Gasteiger partial charge on any atom is 0.331 e. The number of halogens is 1. The van der Waals surface area contributed by atoms with E-state index in [9.17, 15) is 9.59 Å².